The number of ether oxygens (including phenoxy) is 1. The standard InChI is InChI=1S/C13H22N4O2/c1-17(2)12-10-11(4-5-15-12)13(18)16-7-6-14-8-9-19-3/h4-5,10,14H,6-9H2,1-3H3,(H,16,18). The van der Waals surface area contributed by atoms with E-state index < -0.39 is 0 Å². The third-order valence-corrected chi connectivity index (χ3v) is 2.54. The van der Waals surface area contributed by atoms with Gasteiger partial charge in [0.1, 0.15) is 5.82 Å². The monoisotopic (exact) mass is 266 g/mol. The number of hydrogen-bond acceptors (Lipinski definition) is 5. The van der Waals surface area contributed by atoms with Gasteiger partial charge >= 0.3 is 0 Å². The highest BCUT2D eigenvalue weighted by Gasteiger charge is 2.06. The first-order chi connectivity index (χ1) is 9.15. The van der Waals surface area contributed by atoms with E-state index in [9.17, 15) is 4.79 Å². The topological polar surface area (TPSA) is 66.5 Å². The summed E-state index contributed by atoms with van der Waals surface area (Å²) in [5.74, 6) is 0.685. The Bertz CT molecular complexity index is 396. The second-order valence-corrected chi connectivity index (χ2v) is 4.30. The molecule has 1 heterocycles. The molecule has 0 atom stereocenters. The Kier molecular flexibility index (Phi) is 6.84. The predicted octanol–water partition coefficient (Wildman–Crippen LogP) is 0.113. The third-order valence-electron chi connectivity index (χ3n) is 2.54. The summed E-state index contributed by atoms with van der Waals surface area (Å²) < 4.78 is 4.91. The van der Waals surface area contributed by atoms with E-state index in [1.54, 1.807) is 25.4 Å². The van der Waals surface area contributed by atoms with Crippen LogP contribution in [-0.4, -0.2) is 58.3 Å². The number of hydrogen-bond donors (Lipinski definition) is 2. The van der Waals surface area contributed by atoms with Gasteiger partial charge in [-0.15, -0.1) is 0 Å². The molecule has 6 heteroatoms. The van der Waals surface area contributed by atoms with Gasteiger partial charge in [-0.2, -0.15) is 0 Å². The van der Waals surface area contributed by atoms with E-state index >= 15 is 0 Å². The quantitative estimate of drug-likeness (QED) is 0.654. The summed E-state index contributed by atoms with van der Waals surface area (Å²) in [4.78, 5) is 17.9. The van der Waals surface area contributed by atoms with Crippen molar-refractivity contribution in [1.82, 2.24) is 15.6 Å². The van der Waals surface area contributed by atoms with Gasteiger partial charge in [0.2, 0.25) is 0 Å². The van der Waals surface area contributed by atoms with Crippen molar-refractivity contribution in [1.29, 1.82) is 0 Å². The smallest absolute Gasteiger partial charge is 0.251 e. The largest absolute Gasteiger partial charge is 0.383 e. The molecule has 0 fully saturated rings. The molecular formula is C13H22N4O2. The Labute approximate surface area is 114 Å². The molecule has 1 aromatic heterocycles. The van der Waals surface area contributed by atoms with Crippen LogP contribution in [0.1, 0.15) is 10.4 Å². The van der Waals surface area contributed by atoms with Gasteiger partial charge in [-0.3, -0.25) is 4.79 Å². The van der Waals surface area contributed by atoms with E-state index in [1.807, 2.05) is 19.0 Å². The molecular weight excluding hydrogens is 244 g/mol. The molecule has 2 N–H and O–H groups in total. The number of aromatic nitrogens is 1. The van der Waals surface area contributed by atoms with Crippen molar-refractivity contribution in [2.24, 2.45) is 0 Å². The van der Waals surface area contributed by atoms with Crippen LogP contribution in [0.3, 0.4) is 0 Å². The van der Waals surface area contributed by atoms with Gasteiger partial charge < -0.3 is 20.3 Å². The first-order valence-corrected chi connectivity index (χ1v) is 6.26. The molecule has 0 bridgehead atoms. The first-order valence-electron chi connectivity index (χ1n) is 6.26. The summed E-state index contributed by atoms with van der Waals surface area (Å²) in [5.41, 5.74) is 0.621. The zero-order valence-electron chi connectivity index (χ0n) is 11.8. The van der Waals surface area contributed by atoms with E-state index in [0.29, 0.717) is 18.7 Å². The molecule has 0 aromatic carbocycles. The van der Waals surface area contributed by atoms with E-state index in [2.05, 4.69) is 15.6 Å². The van der Waals surface area contributed by atoms with E-state index in [0.717, 1.165) is 18.9 Å². The van der Waals surface area contributed by atoms with Crippen LogP contribution in [0.4, 0.5) is 5.82 Å². The molecule has 0 aliphatic heterocycles. The van der Waals surface area contributed by atoms with Crippen molar-refractivity contribution in [3.63, 3.8) is 0 Å². The SMILES string of the molecule is COCCNCCNC(=O)c1ccnc(N(C)C)c1. The van der Waals surface area contributed by atoms with Gasteiger partial charge in [-0.1, -0.05) is 0 Å². The van der Waals surface area contributed by atoms with Crippen LogP contribution in [0.2, 0.25) is 0 Å². The maximum absolute atomic E-state index is 11.9. The fraction of sp³-hybridized carbons (Fsp3) is 0.538. The van der Waals surface area contributed by atoms with Crippen molar-refractivity contribution in [3.8, 4) is 0 Å². The van der Waals surface area contributed by atoms with Gasteiger partial charge in [-0.05, 0) is 12.1 Å². The second kappa shape index (κ2) is 8.44. The zero-order valence-corrected chi connectivity index (χ0v) is 11.8. The number of anilines is 1. The normalized spacial score (nSPS) is 10.3. The number of nitrogens with one attached hydrogen (secondary N) is 2. The van der Waals surface area contributed by atoms with Gasteiger partial charge in [0, 0.05) is 52.6 Å². The van der Waals surface area contributed by atoms with Crippen molar-refractivity contribution in [2.75, 3.05) is 52.3 Å². The third kappa shape index (κ3) is 5.67. The maximum atomic E-state index is 11.9. The number of methoxy groups -OCH3 is 1. The molecule has 1 rings (SSSR count). The van der Waals surface area contributed by atoms with Crippen LogP contribution in [0.25, 0.3) is 0 Å². The van der Waals surface area contributed by atoms with E-state index in [1.165, 1.54) is 0 Å². The molecule has 0 saturated heterocycles. The Morgan fingerprint density at radius 2 is 2.16 bits per heavy atom. The van der Waals surface area contributed by atoms with Gasteiger partial charge in [0.05, 0.1) is 6.61 Å². The average molecular weight is 266 g/mol. The highest BCUT2D eigenvalue weighted by Crippen LogP contribution is 2.09. The summed E-state index contributed by atoms with van der Waals surface area (Å²) >= 11 is 0. The molecule has 0 aliphatic rings. The second-order valence-electron chi connectivity index (χ2n) is 4.30. The van der Waals surface area contributed by atoms with Crippen molar-refractivity contribution >= 4 is 11.7 Å². The van der Waals surface area contributed by atoms with Crippen molar-refractivity contribution in [3.05, 3.63) is 23.9 Å². The molecule has 1 aromatic rings. The van der Waals surface area contributed by atoms with Gasteiger partial charge in [0.15, 0.2) is 0 Å². The van der Waals surface area contributed by atoms with Crippen LogP contribution < -0.4 is 15.5 Å². The van der Waals surface area contributed by atoms with Crippen molar-refractivity contribution < 1.29 is 9.53 Å². The molecule has 106 valence electrons. The van der Waals surface area contributed by atoms with Gasteiger partial charge in [0.25, 0.3) is 5.91 Å². The lowest BCUT2D eigenvalue weighted by atomic mass is 10.2. The predicted molar refractivity (Wildman–Crippen MR) is 75.6 cm³/mol. The number of pyridine rings is 1. The number of carbonyl (C=O) groups excluding carboxylic acids is 1. The minimum Gasteiger partial charge on any atom is -0.383 e. The lowest BCUT2D eigenvalue weighted by Crippen LogP contribution is -2.33. The van der Waals surface area contributed by atoms with Crippen LogP contribution in [0.15, 0.2) is 18.3 Å². The molecule has 6 nitrogen and oxygen atoms in total. The zero-order chi connectivity index (χ0) is 14.1. The highest BCUT2D eigenvalue weighted by molar-refractivity contribution is 5.94. The molecule has 0 aliphatic carbocycles. The highest BCUT2D eigenvalue weighted by atomic mass is 16.5. The molecule has 0 saturated carbocycles. The Morgan fingerprint density at radius 3 is 2.84 bits per heavy atom. The molecule has 0 radical (unpaired) electrons. The summed E-state index contributed by atoms with van der Waals surface area (Å²) in [7, 11) is 5.45. The average Bonchev–Trinajstić information content (AvgIpc) is 2.42. The van der Waals surface area contributed by atoms with E-state index in [4.69, 9.17) is 4.74 Å². The number of rotatable bonds is 8. The minimum atomic E-state index is -0.0842. The van der Waals surface area contributed by atoms with Crippen LogP contribution >= 0.6 is 0 Å². The Balaban J connectivity index is 2.35. The minimum absolute atomic E-state index is 0.0842. The Hall–Kier alpha value is -1.66. The number of carbonyl (C=O) groups is 1. The fourth-order valence-electron chi connectivity index (χ4n) is 1.47. The summed E-state index contributed by atoms with van der Waals surface area (Å²) in [6, 6.07) is 3.48. The molecule has 1 amide bonds. The Morgan fingerprint density at radius 1 is 1.37 bits per heavy atom. The molecule has 0 spiro atoms. The van der Waals surface area contributed by atoms with Crippen LogP contribution in [0, 0.1) is 0 Å². The fourth-order valence-corrected chi connectivity index (χ4v) is 1.47. The van der Waals surface area contributed by atoms with Crippen LogP contribution in [-0.2, 0) is 4.74 Å². The lowest BCUT2D eigenvalue weighted by Gasteiger charge is -2.12. The van der Waals surface area contributed by atoms with E-state index in [-0.39, 0.29) is 5.91 Å². The van der Waals surface area contributed by atoms with Crippen LogP contribution in [0.5, 0.6) is 0 Å². The molecule has 19 heavy (non-hydrogen) atoms. The summed E-state index contributed by atoms with van der Waals surface area (Å²) in [6.07, 6.45) is 1.64. The maximum Gasteiger partial charge on any atom is 0.251 e. The number of nitrogens with zero attached hydrogens (tertiary/aromatic N) is 2. The lowest BCUT2D eigenvalue weighted by molar-refractivity contribution is 0.0953. The first kappa shape index (κ1) is 15.4. The molecule has 0 unspecified atom stereocenters. The van der Waals surface area contributed by atoms with Gasteiger partial charge in [-0.25, -0.2) is 4.98 Å². The summed E-state index contributed by atoms with van der Waals surface area (Å²) in [5, 5.41) is 6.02. The van der Waals surface area contributed by atoms with Crippen molar-refractivity contribution in [2.45, 2.75) is 0 Å². The number of amides is 1. The summed E-state index contributed by atoms with van der Waals surface area (Å²) in [6.45, 7) is 2.76.